The molecule has 1 atom stereocenters. The molecule has 0 bridgehead atoms. The SMILES string of the molecule is CCCCOP(=O)(COc1ccc(C[C@@H](CCN(CC(C)C)S(=O)(=O)N2CCN(C)CC2)NC(=O)OC)cc1)OCCCC. The topological polar surface area (TPSA) is 127 Å². The molecule has 1 aromatic rings. The number of alkyl carbamates (subject to hydrolysis) is 1. The van der Waals surface area contributed by atoms with Crippen molar-refractivity contribution < 1.29 is 36.3 Å². The number of nitrogens with one attached hydrogen (secondary N) is 1. The molecule has 1 saturated heterocycles. The molecule has 0 spiro atoms. The summed E-state index contributed by atoms with van der Waals surface area (Å²) in [5.41, 5.74) is 0.915. The van der Waals surface area contributed by atoms with Crippen LogP contribution in [-0.2, 0) is 35.0 Å². The van der Waals surface area contributed by atoms with E-state index >= 15 is 0 Å². The smallest absolute Gasteiger partial charge is 0.407 e. The molecule has 1 aliphatic heterocycles. The monoisotopic (exact) mass is 662 g/mol. The van der Waals surface area contributed by atoms with Crippen LogP contribution in [0, 0.1) is 5.92 Å². The molecule has 1 aliphatic rings. The average Bonchev–Trinajstić information content (AvgIpc) is 2.99. The Morgan fingerprint density at radius 2 is 1.61 bits per heavy atom. The van der Waals surface area contributed by atoms with Gasteiger partial charge in [-0.15, -0.1) is 0 Å². The van der Waals surface area contributed by atoms with Crippen LogP contribution in [0.2, 0.25) is 0 Å². The maximum atomic E-state index is 13.6. The Kier molecular flexibility index (Phi) is 17.2. The molecule has 1 heterocycles. The number of rotatable bonds is 21. The fourth-order valence-electron chi connectivity index (χ4n) is 4.61. The highest BCUT2D eigenvalue weighted by Crippen LogP contribution is 2.48. The van der Waals surface area contributed by atoms with Crippen LogP contribution in [0.1, 0.15) is 65.4 Å². The van der Waals surface area contributed by atoms with Crippen LogP contribution in [0.3, 0.4) is 0 Å². The second-order valence-electron chi connectivity index (χ2n) is 11.7. The zero-order valence-electron chi connectivity index (χ0n) is 27.5. The van der Waals surface area contributed by atoms with Crippen molar-refractivity contribution in [3.8, 4) is 5.75 Å². The average molecular weight is 663 g/mol. The number of likely N-dealkylation sites (N-methyl/N-ethyl adjacent to an activating group) is 1. The van der Waals surface area contributed by atoms with Crippen LogP contribution in [0.15, 0.2) is 24.3 Å². The minimum Gasteiger partial charge on any atom is -0.481 e. The predicted octanol–water partition coefficient (Wildman–Crippen LogP) is 4.96. The summed E-state index contributed by atoms with van der Waals surface area (Å²) in [5, 5.41) is 2.86. The van der Waals surface area contributed by atoms with Gasteiger partial charge in [-0.25, -0.2) is 4.79 Å². The van der Waals surface area contributed by atoms with Crippen molar-refractivity contribution in [1.82, 2.24) is 18.8 Å². The van der Waals surface area contributed by atoms with Gasteiger partial charge in [-0.05, 0) is 56.3 Å². The van der Waals surface area contributed by atoms with Gasteiger partial charge in [0.1, 0.15) is 5.75 Å². The standard InChI is InChI=1S/C30H55N4O8PS/c1-7-9-21-41-43(36,42-22-10-8-2)25-40-29-13-11-27(12-14-29)23-28(31-30(35)39-6)15-16-34(24-26(3)4)44(37,38)33-19-17-32(5)18-20-33/h11-14,26,28H,7-10,15-25H2,1-6H3,(H,31,35)/t28-/m1/s1. The lowest BCUT2D eigenvalue weighted by Gasteiger charge is -2.36. The zero-order valence-corrected chi connectivity index (χ0v) is 29.2. The third kappa shape index (κ3) is 13.7. The summed E-state index contributed by atoms with van der Waals surface area (Å²) in [6, 6.07) is 6.92. The van der Waals surface area contributed by atoms with Crippen molar-refractivity contribution in [3.05, 3.63) is 29.8 Å². The zero-order chi connectivity index (χ0) is 32.6. The number of hydrogen-bond acceptors (Lipinski definition) is 9. The number of nitrogens with zero attached hydrogens (tertiary/aromatic N) is 3. The first kappa shape index (κ1) is 38.5. The van der Waals surface area contributed by atoms with Crippen molar-refractivity contribution >= 4 is 23.9 Å². The first-order valence-electron chi connectivity index (χ1n) is 15.8. The molecule has 1 fully saturated rings. The Hall–Kier alpha value is -1.73. The summed E-state index contributed by atoms with van der Waals surface area (Å²) in [6.45, 7) is 11.7. The first-order chi connectivity index (χ1) is 20.9. The summed E-state index contributed by atoms with van der Waals surface area (Å²) in [6.07, 6.45) is 3.52. The highest BCUT2D eigenvalue weighted by Gasteiger charge is 2.32. The highest BCUT2D eigenvalue weighted by atomic mass is 32.2. The van der Waals surface area contributed by atoms with E-state index in [2.05, 4.69) is 10.2 Å². The van der Waals surface area contributed by atoms with Gasteiger partial charge >= 0.3 is 13.7 Å². The summed E-state index contributed by atoms with van der Waals surface area (Å²) in [7, 11) is -3.75. The number of benzene rings is 1. The molecule has 1 aromatic carbocycles. The van der Waals surface area contributed by atoms with Crippen LogP contribution in [0.25, 0.3) is 0 Å². The van der Waals surface area contributed by atoms with E-state index in [0.29, 0.717) is 64.5 Å². The van der Waals surface area contributed by atoms with Crippen molar-refractivity contribution in [2.45, 2.75) is 72.3 Å². The van der Waals surface area contributed by atoms with Gasteiger partial charge in [-0.3, -0.25) is 4.57 Å². The van der Waals surface area contributed by atoms with Crippen molar-refractivity contribution in [2.24, 2.45) is 5.92 Å². The van der Waals surface area contributed by atoms with Crippen molar-refractivity contribution in [2.75, 3.05) is 73.0 Å². The molecular formula is C30H55N4O8PS. The van der Waals surface area contributed by atoms with Gasteiger partial charge in [-0.2, -0.15) is 17.0 Å². The molecular weight excluding hydrogens is 607 g/mol. The Balaban J connectivity index is 2.07. The molecule has 1 amide bonds. The van der Waals surface area contributed by atoms with Gasteiger partial charge in [-0.1, -0.05) is 52.7 Å². The van der Waals surface area contributed by atoms with E-state index in [-0.39, 0.29) is 24.9 Å². The summed E-state index contributed by atoms with van der Waals surface area (Å²) in [4.78, 5) is 14.3. The summed E-state index contributed by atoms with van der Waals surface area (Å²) < 4.78 is 65.3. The van der Waals surface area contributed by atoms with Gasteiger partial charge in [0, 0.05) is 45.3 Å². The Labute approximate surface area is 265 Å². The fourth-order valence-corrected chi connectivity index (χ4v) is 7.73. The first-order valence-corrected chi connectivity index (χ1v) is 18.9. The number of hydrogen-bond donors (Lipinski definition) is 1. The van der Waals surface area contributed by atoms with Crippen LogP contribution in [0.4, 0.5) is 4.79 Å². The van der Waals surface area contributed by atoms with Gasteiger partial charge in [0.2, 0.25) is 0 Å². The summed E-state index contributed by atoms with van der Waals surface area (Å²) >= 11 is 0. The van der Waals surface area contributed by atoms with E-state index in [0.717, 1.165) is 31.2 Å². The van der Waals surface area contributed by atoms with Gasteiger partial charge < -0.3 is 28.7 Å². The fraction of sp³-hybridized carbons (Fsp3) is 0.767. The lowest BCUT2D eigenvalue weighted by Crippen LogP contribution is -2.53. The minimum absolute atomic E-state index is 0.140. The van der Waals surface area contributed by atoms with E-state index in [1.165, 1.54) is 11.4 Å². The number of piperazine rings is 1. The number of methoxy groups -OCH3 is 1. The number of ether oxygens (including phenoxy) is 2. The normalized spacial score (nSPS) is 15.9. The van der Waals surface area contributed by atoms with Gasteiger partial charge in [0.25, 0.3) is 10.2 Å². The van der Waals surface area contributed by atoms with Crippen LogP contribution < -0.4 is 10.1 Å². The second kappa shape index (κ2) is 19.7. The molecule has 0 aromatic heterocycles. The van der Waals surface area contributed by atoms with E-state index in [1.54, 1.807) is 16.4 Å². The lowest BCUT2D eigenvalue weighted by atomic mass is 10.0. The molecule has 14 heteroatoms. The second-order valence-corrected chi connectivity index (χ2v) is 15.6. The Morgan fingerprint density at radius 1 is 1.02 bits per heavy atom. The predicted molar refractivity (Wildman–Crippen MR) is 173 cm³/mol. The van der Waals surface area contributed by atoms with E-state index in [4.69, 9.17) is 18.5 Å². The molecule has 0 saturated carbocycles. The van der Waals surface area contributed by atoms with E-state index in [9.17, 15) is 17.8 Å². The maximum Gasteiger partial charge on any atom is 0.407 e. The number of carbonyl (C=O) groups is 1. The lowest BCUT2D eigenvalue weighted by molar-refractivity contribution is 0.165. The molecule has 0 radical (unpaired) electrons. The quantitative estimate of drug-likeness (QED) is 0.144. The van der Waals surface area contributed by atoms with Crippen LogP contribution >= 0.6 is 7.60 Å². The Morgan fingerprint density at radius 3 is 2.14 bits per heavy atom. The number of carbonyl (C=O) groups excluding carboxylic acids is 1. The molecule has 0 unspecified atom stereocenters. The Bertz CT molecular complexity index is 1100. The molecule has 254 valence electrons. The van der Waals surface area contributed by atoms with Gasteiger partial charge in [0.15, 0.2) is 6.35 Å². The molecule has 2 rings (SSSR count). The molecule has 44 heavy (non-hydrogen) atoms. The third-order valence-corrected chi connectivity index (χ3v) is 10.9. The number of unbranched alkanes of at least 4 members (excludes halogenated alkanes) is 2. The molecule has 0 aliphatic carbocycles. The van der Waals surface area contributed by atoms with E-state index < -0.39 is 23.9 Å². The van der Waals surface area contributed by atoms with Crippen LogP contribution in [0.5, 0.6) is 5.75 Å². The highest BCUT2D eigenvalue weighted by molar-refractivity contribution is 7.86. The van der Waals surface area contributed by atoms with Gasteiger partial charge in [0.05, 0.1) is 20.3 Å². The molecule has 12 nitrogen and oxygen atoms in total. The third-order valence-electron chi connectivity index (χ3n) is 7.28. The minimum atomic E-state index is -3.65. The van der Waals surface area contributed by atoms with Crippen molar-refractivity contribution in [1.29, 1.82) is 0 Å². The maximum absolute atomic E-state index is 13.6. The van der Waals surface area contributed by atoms with E-state index in [1.807, 2.05) is 46.9 Å². The molecule has 1 N–H and O–H groups in total. The largest absolute Gasteiger partial charge is 0.481 e. The summed E-state index contributed by atoms with van der Waals surface area (Å²) in [5.74, 6) is 0.659. The van der Waals surface area contributed by atoms with Crippen molar-refractivity contribution in [3.63, 3.8) is 0 Å². The number of amides is 1. The van der Waals surface area contributed by atoms with Crippen LogP contribution in [-0.4, -0.2) is 107 Å².